The van der Waals surface area contributed by atoms with Crippen LogP contribution in [0, 0.1) is 0 Å². The van der Waals surface area contributed by atoms with Crippen LogP contribution >= 0.6 is 0 Å². The molecule has 0 fully saturated rings. The van der Waals surface area contributed by atoms with Crippen molar-refractivity contribution >= 4 is 11.7 Å². The van der Waals surface area contributed by atoms with E-state index in [0.29, 0.717) is 6.42 Å². The largest absolute Gasteiger partial charge is 0.481 e. The van der Waals surface area contributed by atoms with Crippen molar-refractivity contribution in [2.24, 2.45) is 5.73 Å². The third kappa shape index (κ3) is 3.24. The molecular weight excluding hydrogens is 204 g/mol. The number of carboxylic acids is 1. The summed E-state index contributed by atoms with van der Waals surface area (Å²) in [6.45, 7) is 0. The van der Waals surface area contributed by atoms with E-state index in [4.69, 9.17) is 10.8 Å². The highest BCUT2D eigenvalue weighted by Crippen LogP contribution is 2.25. The lowest BCUT2D eigenvalue weighted by molar-refractivity contribution is -0.137. The van der Waals surface area contributed by atoms with Crippen molar-refractivity contribution in [3.8, 4) is 0 Å². The van der Waals surface area contributed by atoms with Gasteiger partial charge >= 0.3 is 5.97 Å². The lowest BCUT2D eigenvalue weighted by Gasteiger charge is -2.21. The van der Waals surface area contributed by atoms with E-state index in [9.17, 15) is 4.79 Å². The van der Waals surface area contributed by atoms with E-state index in [0.717, 1.165) is 11.3 Å². The number of nitrogens with zero attached hydrogens (tertiary/aromatic N) is 1. The monoisotopic (exact) mass is 222 g/mol. The summed E-state index contributed by atoms with van der Waals surface area (Å²) >= 11 is 0. The molecule has 0 aliphatic rings. The number of para-hydroxylation sites is 1. The highest BCUT2D eigenvalue weighted by atomic mass is 16.4. The number of aliphatic carboxylic acids is 1. The van der Waals surface area contributed by atoms with Crippen LogP contribution in [0.2, 0.25) is 0 Å². The molecule has 0 saturated heterocycles. The summed E-state index contributed by atoms with van der Waals surface area (Å²) < 4.78 is 0. The Hall–Kier alpha value is -1.55. The van der Waals surface area contributed by atoms with Crippen molar-refractivity contribution in [2.45, 2.75) is 18.9 Å². The van der Waals surface area contributed by atoms with E-state index in [1.54, 1.807) is 0 Å². The van der Waals surface area contributed by atoms with Crippen LogP contribution in [0.25, 0.3) is 0 Å². The molecule has 88 valence electrons. The Morgan fingerprint density at radius 3 is 2.62 bits per heavy atom. The van der Waals surface area contributed by atoms with Gasteiger partial charge in [-0.1, -0.05) is 18.2 Å². The van der Waals surface area contributed by atoms with Gasteiger partial charge in [-0.3, -0.25) is 4.79 Å². The highest BCUT2D eigenvalue weighted by Gasteiger charge is 2.13. The summed E-state index contributed by atoms with van der Waals surface area (Å²) in [4.78, 5) is 12.5. The number of hydrogen-bond donors (Lipinski definition) is 2. The Morgan fingerprint density at radius 1 is 1.44 bits per heavy atom. The number of hydrogen-bond acceptors (Lipinski definition) is 3. The molecule has 4 nitrogen and oxygen atoms in total. The van der Waals surface area contributed by atoms with E-state index >= 15 is 0 Å². The minimum absolute atomic E-state index is 0.100. The molecule has 1 aromatic rings. The SMILES string of the molecule is CN(C)c1ccccc1C(N)CCC(=O)O. The third-order valence-electron chi connectivity index (χ3n) is 2.49. The van der Waals surface area contributed by atoms with Gasteiger partial charge in [0.05, 0.1) is 0 Å². The molecule has 1 atom stereocenters. The summed E-state index contributed by atoms with van der Waals surface area (Å²) in [7, 11) is 3.89. The summed E-state index contributed by atoms with van der Waals surface area (Å²) in [6, 6.07) is 7.57. The molecule has 1 rings (SSSR count). The van der Waals surface area contributed by atoms with Gasteiger partial charge in [0.15, 0.2) is 0 Å². The zero-order valence-corrected chi connectivity index (χ0v) is 9.68. The lowest BCUT2D eigenvalue weighted by atomic mass is 10.0. The van der Waals surface area contributed by atoms with Crippen molar-refractivity contribution in [2.75, 3.05) is 19.0 Å². The van der Waals surface area contributed by atoms with E-state index in [1.165, 1.54) is 0 Å². The average molecular weight is 222 g/mol. The Bertz CT molecular complexity index is 364. The van der Waals surface area contributed by atoms with Gasteiger partial charge < -0.3 is 15.7 Å². The Morgan fingerprint density at radius 2 is 2.06 bits per heavy atom. The summed E-state index contributed by atoms with van der Waals surface area (Å²) in [5, 5.41) is 8.62. The standard InChI is InChI=1S/C12H18N2O2/c1-14(2)11-6-4-3-5-9(11)10(13)7-8-12(15)16/h3-6,10H,7-8,13H2,1-2H3,(H,15,16). The van der Waals surface area contributed by atoms with Gasteiger partial charge in [-0.2, -0.15) is 0 Å². The zero-order chi connectivity index (χ0) is 12.1. The van der Waals surface area contributed by atoms with E-state index in [2.05, 4.69) is 0 Å². The lowest BCUT2D eigenvalue weighted by Crippen LogP contribution is -2.18. The molecule has 0 bridgehead atoms. The van der Waals surface area contributed by atoms with Crippen molar-refractivity contribution in [3.63, 3.8) is 0 Å². The van der Waals surface area contributed by atoms with E-state index in [1.807, 2.05) is 43.3 Å². The smallest absolute Gasteiger partial charge is 0.303 e. The van der Waals surface area contributed by atoms with Crippen molar-refractivity contribution in [1.29, 1.82) is 0 Å². The quantitative estimate of drug-likeness (QED) is 0.794. The van der Waals surface area contributed by atoms with Gasteiger partial charge in [-0.15, -0.1) is 0 Å². The molecular formula is C12H18N2O2. The molecule has 1 aromatic carbocycles. The number of carboxylic acid groups (broad SMARTS) is 1. The first-order chi connectivity index (χ1) is 7.52. The normalized spacial score (nSPS) is 12.2. The predicted molar refractivity (Wildman–Crippen MR) is 64.6 cm³/mol. The Kier molecular flexibility index (Phi) is 4.31. The average Bonchev–Trinajstić information content (AvgIpc) is 2.25. The van der Waals surface area contributed by atoms with Crippen LogP contribution in [0.4, 0.5) is 5.69 Å². The van der Waals surface area contributed by atoms with Crippen molar-refractivity contribution in [3.05, 3.63) is 29.8 Å². The molecule has 4 heteroatoms. The van der Waals surface area contributed by atoms with Gasteiger partial charge in [0.25, 0.3) is 0 Å². The summed E-state index contributed by atoms with van der Waals surface area (Å²) in [5.41, 5.74) is 8.03. The predicted octanol–water partition coefficient (Wildman–Crippen LogP) is 1.62. The molecule has 16 heavy (non-hydrogen) atoms. The van der Waals surface area contributed by atoms with Gasteiger partial charge in [-0.25, -0.2) is 0 Å². The maximum atomic E-state index is 10.5. The fraction of sp³-hybridized carbons (Fsp3) is 0.417. The second kappa shape index (κ2) is 5.51. The van der Waals surface area contributed by atoms with Gasteiger partial charge in [0.2, 0.25) is 0 Å². The zero-order valence-electron chi connectivity index (χ0n) is 9.68. The minimum Gasteiger partial charge on any atom is -0.481 e. The number of benzene rings is 1. The fourth-order valence-electron chi connectivity index (χ4n) is 1.64. The molecule has 1 unspecified atom stereocenters. The molecule has 0 heterocycles. The molecule has 0 aromatic heterocycles. The van der Waals surface area contributed by atoms with Crippen LogP contribution in [-0.4, -0.2) is 25.2 Å². The van der Waals surface area contributed by atoms with Crippen LogP contribution in [0.15, 0.2) is 24.3 Å². The van der Waals surface area contributed by atoms with Crippen molar-refractivity contribution < 1.29 is 9.90 Å². The summed E-state index contributed by atoms with van der Waals surface area (Å²) in [6.07, 6.45) is 0.559. The van der Waals surface area contributed by atoms with Crippen molar-refractivity contribution in [1.82, 2.24) is 0 Å². The first-order valence-electron chi connectivity index (χ1n) is 5.26. The minimum atomic E-state index is -0.808. The first kappa shape index (κ1) is 12.5. The van der Waals surface area contributed by atoms with Crippen LogP contribution < -0.4 is 10.6 Å². The molecule has 0 aliphatic carbocycles. The van der Waals surface area contributed by atoms with Crippen LogP contribution in [0.3, 0.4) is 0 Å². The van der Waals surface area contributed by atoms with Gasteiger partial charge in [-0.05, 0) is 18.1 Å². The first-order valence-corrected chi connectivity index (χ1v) is 5.26. The van der Waals surface area contributed by atoms with E-state index in [-0.39, 0.29) is 12.5 Å². The summed E-state index contributed by atoms with van der Waals surface area (Å²) in [5.74, 6) is -0.808. The fourth-order valence-corrected chi connectivity index (χ4v) is 1.64. The van der Waals surface area contributed by atoms with Crippen LogP contribution in [0.5, 0.6) is 0 Å². The maximum absolute atomic E-state index is 10.5. The molecule has 0 aliphatic heterocycles. The second-order valence-corrected chi connectivity index (χ2v) is 3.99. The topological polar surface area (TPSA) is 66.6 Å². The number of rotatable bonds is 5. The van der Waals surface area contributed by atoms with Crippen LogP contribution in [0.1, 0.15) is 24.4 Å². The highest BCUT2D eigenvalue weighted by molar-refractivity contribution is 5.66. The molecule has 0 radical (unpaired) electrons. The molecule has 0 spiro atoms. The molecule has 3 N–H and O–H groups in total. The maximum Gasteiger partial charge on any atom is 0.303 e. The van der Waals surface area contributed by atoms with Gasteiger partial charge in [0.1, 0.15) is 0 Å². The van der Waals surface area contributed by atoms with Gasteiger partial charge in [0, 0.05) is 32.2 Å². The molecule has 0 amide bonds. The number of nitrogens with two attached hydrogens (primary N) is 1. The van der Waals surface area contributed by atoms with E-state index < -0.39 is 5.97 Å². The van der Waals surface area contributed by atoms with Crippen LogP contribution in [-0.2, 0) is 4.79 Å². The third-order valence-corrected chi connectivity index (χ3v) is 2.49. The molecule has 0 saturated carbocycles. The number of anilines is 1. The number of carbonyl (C=O) groups is 1. The second-order valence-electron chi connectivity index (χ2n) is 3.99. The Labute approximate surface area is 95.7 Å². The Balaban J connectivity index is 2.81.